The summed E-state index contributed by atoms with van der Waals surface area (Å²) in [6.07, 6.45) is 4.11. The Morgan fingerprint density at radius 2 is 2.08 bits per heavy atom. The molecular weight excluding hydrogens is 353 g/mol. The fraction of sp³-hybridized carbons (Fsp3) is 0.150. The van der Waals surface area contributed by atoms with E-state index in [0.29, 0.717) is 12.1 Å². The van der Waals surface area contributed by atoms with Crippen molar-refractivity contribution in [1.82, 2.24) is 4.90 Å². The summed E-state index contributed by atoms with van der Waals surface area (Å²) >= 11 is 3.43. The van der Waals surface area contributed by atoms with Crippen molar-refractivity contribution in [2.45, 2.75) is 12.5 Å². The van der Waals surface area contributed by atoms with Crippen molar-refractivity contribution < 1.29 is 9.18 Å². The number of carbonyl (C=O) groups excluding carboxylic acids is 1. The molecule has 3 heterocycles. The highest BCUT2D eigenvalue weighted by Crippen LogP contribution is 2.39. The third-order valence-corrected chi connectivity index (χ3v) is 6.25. The van der Waals surface area contributed by atoms with Gasteiger partial charge in [-0.05, 0) is 58.6 Å². The molecule has 1 atom stereocenters. The van der Waals surface area contributed by atoms with Crippen LogP contribution in [0.1, 0.15) is 26.9 Å². The van der Waals surface area contributed by atoms with Gasteiger partial charge in [0.05, 0.1) is 6.04 Å². The summed E-state index contributed by atoms with van der Waals surface area (Å²) in [4.78, 5) is 17.3. The molecular formula is C20H16FNOS2. The van der Waals surface area contributed by atoms with Crippen LogP contribution in [-0.2, 0) is 11.2 Å². The number of nitrogens with zero attached hydrogens (tertiary/aromatic N) is 1. The van der Waals surface area contributed by atoms with Gasteiger partial charge in [-0.3, -0.25) is 4.79 Å². The SMILES string of the molecule is O=C(/C=C/c1cccc(F)c1)N1CCc2sccc2[C@@H]1c1cccs1. The molecule has 0 saturated heterocycles. The Balaban J connectivity index is 1.63. The lowest BCUT2D eigenvalue weighted by Crippen LogP contribution is -2.38. The number of fused-ring (bicyclic) bond motifs is 1. The van der Waals surface area contributed by atoms with Gasteiger partial charge in [0, 0.05) is 22.4 Å². The zero-order valence-electron chi connectivity index (χ0n) is 13.4. The van der Waals surface area contributed by atoms with Crippen molar-refractivity contribution in [3.63, 3.8) is 0 Å². The largest absolute Gasteiger partial charge is 0.327 e. The van der Waals surface area contributed by atoms with Crippen molar-refractivity contribution >= 4 is 34.7 Å². The average molecular weight is 369 g/mol. The molecule has 0 saturated carbocycles. The summed E-state index contributed by atoms with van der Waals surface area (Å²) in [6, 6.07) is 12.5. The first-order chi connectivity index (χ1) is 12.2. The van der Waals surface area contributed by atoms with E-state index in [4.69, 9.17) is 0 Å². The third kappa shape index (κ3) is 3.30. The summed E-state index contributed by atoms with van der Waals surface area (Å²) < 4.78 is 13.3. The number of hydrogen-bond acceptors (Lipinski definition) is 3. The van der Waals surface area contributed by atoms with E-state index < -0.39 is 0 Å². The van der Waals surface area contributed by atoms with E-state index in [9.17, 15) is 9.18 Å². The monoisotopic (exact) mass is 369 g/mol. The van der Waals surface area contributed by atoms with Crippen molar-refractivity contribution in [2.75, 3.05) is 6.54 Å². The number of thiophene rings is 2. The van der Waals surface area contributed by atoms with Crippen LogP contribution in [0.3, 0.4) is 0 Å². The lowest BCUT2D eigenvalue weighted by atomic mass is 9.98. The molecule has 0 unspecified atom stereocenters. The Morgan fingerprint density at radius 1 is 1.16 bits per heavy atom. The number of rotatable bonds is 3. The zero-order chi connectivity index (χ0) is 17.2. The van der Waals surface area contributed by atoms with Gasteiger partial charge >= 0.3 is 0 Å². The molecule has 2 aromatic heterocycles. The number of benzene rings is 1. The molecule has 1 aliphatic rings. The number of amides is 1. The van der Waals surface area contributed by atoms with Gasteiger partial charge in [0.25, 0.3) is 0 Å². The van der Waals surface area contributed by atoms with Crippen molar-refractivity contribution in [3.05, 3.63) is 86.0 Å². The fourth-order valence-corrected chi connectivity index (χ4v) is 4.94. The molecule has 5 heteroatoms. The first-order valence-electron chi connectivity index (χ1n) is 8.06. The van der Waals surface area contributed by atoms with E-state index in [1.165, 1.54) is 27.5 Å². The van der Waals surface area contributed by atoms with E-state index in [0.717, 1.165) is 6.42 Å². The molecule has 1 amide bonds. The van der Waals surface area contributed by atoms with E-state index in [2.05, 4.69) is 17.5 Å². The predicted molar refractivity (Wildman–Crippen MR) is 101 cm³/mol. The summed E-state index contributed by atoms with van der Waals surface area (Å²) in [7, 11) is 0. The standard InChI is InChI=1S/C20H16FNOS2/c21-15-4-1-3-14(13-15)6-7-19(23)22-10-8-17-16(9-12-25-17)20(22)18-5-2-11-24-18/h1-7,9,11-13,20H,8,10H2/b7-6+/t20-/m1/s1. The number of halogens is 1. The highest BCUT2D eigenvalue weighted by atomic mass is 32.1. The molecule has 25 heavy (non-hydrogen) atoms. The Morgan fingerprint density at radius 3 is 2.88 bits per heavy atom. The smallest absolute Gasteiger partial charge is 0.247 e. The summed E-state index contributed by atoms with van der Waals surface area (Å²) in [5.74, 6) is -0.341. The minimum atomic E-state index is -0.299. The topological polar surface area (TPSA) is 20.3 Å². The first kappa shape index (κ1) is 16.2. The van der Waals surface area contributed by atoms with Gasteiger partial charge in [-0.15, -0.1) is 22.7 Å². The summed E-state index contributed by atoms with van der Waals surface area (Å²) in [6.45, 7) is 0.697. The van der Waals surface area contributed by atoms with Crippen molar-refractivity contribution in [1.29, 1.82) is 0 Å². The van der Waals surface area contributed by atoms with Gasteiger partial charge in [-0.2, -0.15) is 0 Å². The first-order valence-corrected chi connectivity index (χ1v) is 9.82. The van der Waals surface area contributed by atoms with Crippen LogP contribution in [0.4, 0.5) is 4.39 Å². The van der Waals surface area contributed by atoms with Crippen LogP contribution < -0.4 is 0 Å². The van der Waals surface area contributed by atoms with Crippen molar-refractivity contribution in [3.8, 4) is 0 Å². The van der Waals surface area contributed by atoms with E-state index in [1.807, 2.05) is 16.3 Å². The van der Waals surface area contributed by atoms with Gasteiger partial charge in [0.1, 0.15) is 5.82 Å². The molecule has 0 bridgehead atoms. The van der Waals surface area contributed by atoms with E-state index in [-0.39, 0.29) is 17.8 Å². The van der Waals surface area contributed by atoms with Gasteiger partial charge in [0.2, 0.25) is 5.91 Å². The van der Waals surface area contributed by atoms with Crippen LogP contribution in [-0.4, -0.2) is 17.4 Å². The number of carbonyl (C=O) groups is 1. The minimum Gasteiger partial charge on any atom is -0.327 e. The van der Waals surface area contributed by atoms with Crippen LogP contribution in [0, 0.1) is 5.82 Å². The second-order valence-electron chi connectivity index (χ2n) is 5.89. The molecule has 0 fully saturated rings. The van der Waals surface area contributed by atoms with Crippen LogP contribution in [0.2, 0.25) is 0 Å². The normalized spacial score (nSPS) is 17.0. The Hall–Kier alpha value is -2.24. The molecule has 0 spiro atoms. The minimum absolute atomic E-state index is 0.0281. The maximum absolute atomic E-state index is 13.3. The Bertz CT molecular complexity index is 913. The molecule has 0 radical (unpaired) electrons. The van der Waals surface area contributed by atoms with Crippen LogP contribution >= 0.6 is 22.7 Å². The number of hydrogen-bond donors (Lipinski definition) is 0. The highest BCUT2D eigenvalue weighted by Gasteiger charge is 2.32. The quantitative estimate of drug-likeness (QED) is 0.586. The second-order valence-corrected chi connectivity index (χ2v) is 7.87. The molecule has 1 aromatic carbocycles. The van der Waals surface area contributed by atoms with Gasteiger partial charge in [-0.1, -0.05) is 18.2 Å². The van der Waals surface area contributed by atoms with Crippen LogP contribution in [0.15, 0.2) is 59.3 Å². The molecule has 4 rings (SSSR count). The fourth-order valence-electron chi connectivity index (χ4n) is 3.18. The molecule has 3 aromatic rings. The lowest BCUT2D eigenvalue weighted by molar-refractivity contribution is -0.127. The van der Waals surface area contributed by atoms with Gasteiger partial charge in [-0.25, -0.2) is 4.39 Å². The van der Waals surface area contributed by atoms with E-state index >= 15 is 0 Å². The molecule has 0 N–H and O–H groups in total. The average Bonchev–Trinajstić information content (AvgIpc) is 3.30. The Kier molecular flexibility index (Phi) is 4.51. The molecule has 0 aliphatic carbocycles. The van der Waals surface area contributed by atoms with Crippen LogP contribution in [0.5, 0.6) is 0 Å². The lowest BCUT2D eigenvalue weighted by Gasteiger charge is -2.34. The highest BCUT2D eigenvalue weighted by molar-refractivity contribution is 7.10. The van der Waals surface area contributed by atoms with Gasteiger partial charge < -0.3 is 4.90 Å². The van der Waals surface area contributed by atoms with Crippen molar-refractivity contribution in [2.24, 2.45) is 0 Å². The van der Waals surface area contributed by atoms with E-state index in [1.54, 1.807) is 47.0 Å². The molecule has 126 valence electrons. The maximum atomic E-state index is 13.3. The third-order valence-electron chi connectivity index (χ3n) is 4.33. The second kappa shape index (κ2) is 6.94. The zero-order valence-corrected chi connectivity index (χ0v) is 15.0. The van der Waals surface area contributed by atoms with Crippen LogP contribution in [0.25, 0.3) is 6.08 Å². The maximum Gasteiger partial charge on any atom is 0.247 e. The summed E-state index contributed by atoms with van der Waals surface area (Å²) in [5.41, 5.74) is 1.92. The summed E-state index contributed by atoms with van der Waals surface area (Å²) in [5, 5.41) is 4.14. The van der Waals surface area contributed by atoms with Gasteiger partial charge in [0.15, 0.2) is 0 Å². The predicted octanol–water partition coefficient (Wildman–Crippen LogP) is 5.14. The molecule has 1 aliphatic heterocycles. The Labute approximate surface area is 153 Å². The molecule has 2 nitrogen and oxygen atoms in total.